The molecule has 5 atom stereocenters. The third kappa shape index (κ3) is 1.34. The molecule has 3 rings (SSSR count). The highest BCUT2D eigenvalue weighted by atomic mass is 16.1. The van der Waals surface area contributed by atoms with Crippen molar-refractivity contribution in [2.45, 2.75) is 59.8 Å². The van der Waals surface area contributed by atoms with Crippen LogP contribution in [0.1, 0.15) is 59.8 Å². The fourth-order valence-electron chi connectivity index (χ4n) is 5.42. The minimum absolute atomic E-state index is 0.148. The van der Waals surface area contributed by atoms with Gasteiger partial charge in [0.05, 0.1) is 0 Å². The molecule has 0 aromatic heterocycles. The second-order valence-corrected chi connectivity index (χ2v) is 7.94. The van der Waals surface area contributed by atoms with Crippen LogP contribution in [0.3, 0.4) is 0 Å². The first kappa shape index (κ1) is 11.7. The number of rotatable bonds is 0. The van der Waals surface area contributed by atoms with Crippen LogP contribution in [-0.2, 0) is 4.79 Å². The highest BCUT2D eigenvalue weighted by molar-refractivity contribution is 5.88. The minimum Gasteiger partial charge on any atom is -0.299 e. The van der Waals surface area contributed by atoms with Crippen LogP contribution in [0, 0.1) is 34.5 Å². The van der Waals surface area contributed by atoms with Crippen molar-refractivity contribution >= 4 is 5.78 Å². The first-order valence-corrected chi connectivity index (χ1v) is 7.40. The molecule has 0 heterocycles. The van der Waals surface area contributed by atoms with Gasteiger partial charge in [-0.05, 0) is 54.8 Å². The monoisotopic (exact) mass is 234 g/mol. The van der Waals surface area contributed by atoms with E-state index in [1.165, 1.54) is 19.3 Å². The van der Waals surface area contributed by atoms with Gasteiger partial charge < -0.3 is 0 Å². The summed E-state index contributed by atoms with van der Waals surface area (Å²) in [7, 11) is 0. The average molecular weight is 234 g/mol. The van der Waals surface area contributed by atoms with Crippen molar-refractivity contribution in [2.24, 2.45) is 34.5 Å². The molecule has 3 fully saturated rings. The molecule has 0 unspecified atom stereocenters. The molecule has 3 aliphatic carbocycles. The zero-order valence-corrected chi connectivity index (χ0v) is 11.8. The summed E-state index contributed by atoms with van der Waals surface area (Å²) in [5, 5.41) is 0. The van der Waals surface area contributed by atoms with E-state index in [0.717, 1.165) is 36.5 Å². The number of hydrogen-bond donors (Lipinski definition) is 0. The van der Waals surface area contributed by atoms with E-state index in [4.69, 9.17) is 0 Å². The van der Waals surface area contributed by atoms with Gasteiger partial charge in [0.25, 0.3) is 0 Å². The van der Waals surface area contributed by atoms with Gasteiger partial charge in [-0.15, -0.1) is 0 Å². The lowest BCUT2D eigenvalue weighted by atomic mass is 9.42. The minimum atomic E-state index is 0.148. The summed E-state index contributed by atoms with van der Waals surface area (Å²) in [6.07, 6.45) is 5.85. The first-order chi connectivity index (χ1) is 7.87. The fraction of sp³-hybridized carbons (Fsp3) is 0.938. The molecule has 0 aromatic rings. The summed E-state index contributed by atoms with van der Waals surface area (Å²) >= 11 is 0. The lowest BCUT2D eigenvalue weighted by Crippen LogP contribution is -2.60. The molecule has 1 heteroatoms. The largest absolute Gasteiger partial charge is 0.299 e. The van der Waals surface area contributed by atoms with Gasteiger partial charge in [0.2, 0.25) is 0 Å². The molecule has 0 aromatic carbocycles. The van der Waals surface area contributed by atoms with Crippen LogP contribution in [0.5, 0.6) is 0 Å². The van der Waals surface area contributed by atoms with Gasteiger partial charge in [0, 0.05) is 11.8 Å². The third-order valence-electron chi connectivity index (χ3n) is 6.33. The standard InChI is InChI=1S/C16H26O/c1-10-7-8-16-12(10)9-13(16)11(15(2,3)4)5-6-14(16)17/h10-13H,5-9H2,1-4H3/t10-,11+,12-,13-,16-/m0/s1. The van der Waals surface area contributed by atoms with E-state index < -0.39 is 0 Å². The van der Waals surface area contributed by atoms with Gasteiger partial charge in [-0.1, -0.05) is 27.7 Å². The zero-order chi connectivity index (χ0) is 12.4. The zero-order valence-electron chi connectivity index (χ0n) is 11.8. The van der Waals surface area contributed by atoms with Gasteiger partial charge in [-0.3, -0.25) is 4.79 Å². The molecule has 0 saturated heterocycles. The Kier molecular flexibility index (Phi) is 2.32. The van der Waals surface area contributed by atoms with Gasteiger partial charge >= 0.3 is 0 Å². The van der Waals surface area contributed by atoms with Crippen LogP contribution in [-0.4, -0.2) is 5.78 Å². The summed E-state index contributed by atoms with van der Waals surface area (Å²) < 4.78 is 0. The molecule has 3 aliphatic rings. The van der Waals surface area contributed by atoms with E-state index in [0.29, 0.717) is 11.2 Å². The molecule has 17 heavy (non-hydrogen) atoms. The van der Waals surface area contributed by atoms with E-state index in [-0.39, 0.29) is 5.41 Å². The normalized spacial score (nSPS) is 49.5. The van der Waals surface area contributed by atoms with Crippen molar-refractivity contribution < 1.29 is 4.79 Å². The molecule has 0 radical (unpaired) electrons. The molecule has 0 amide bonds. The Morgan fingerprint density at radius 1 is 1.18 bits per heavy atom. The molecule has 0 N–H and O–H groups in total. The van der Waals surface area contributed by atoms with Gasteiger partial charge in [0.1, 0.15) is 5.78 Å². The van der Waals surface area contributed by atoms with Crippen LogP contribution in [0.15, 0.2) is 0 Å². The molecule has 1 spiro atoms. The van der Waals surface area contributed by atoms with E-state index in [1.54, 1.807) is 0 Å². The lowest BCUT2D eigenvalue weighted by Gasteiger charge is -2.61. The van der Waals surface area contributed by atoms with Gasteiger partial charge in [0.15, 0.2) is 0 Å². The van der Waals surface area contributed by atoms with Crippen molar-refractivity contribution in [2.75, 3.05) is 0 Å². The molecule has 0 bridgehead atoms. The summed E-state index contributed by atoms with van der Waals surface area (Å²) in [6.45, 7) is 9.47. The maximum Gasteiger partial charge on any atom is 0.139 e. The highest BCUT2D eigenvalue weighted by Gasteiger charge is 2.67. The third-order valence-corrected chi connectivity index (χ3v) is 6.33. The SMILES string of the molecule is C[C@H]1CC[C@@]23C(=O)CC[C@@H](C(C)(C)C)[C@@H]2C[C@@H]13. The van der Waals surface area contributed by atoms with E-state index in [2.05, 4.69) is 27.7 Å². The Morgan fingerprint density at radius 2 is 1.88 bits per heavy atom. The number of hydrogen-bond acceptors (Lipinski definition) is 1. The van der Waals surface area contributed by atoms with Gasteiger partial charge in [-0.25, -0.2) is 0 Å². The molecular formula is C16H26O. The second-order valence-electron chi connectivity index (χ2n) is 7.94. The molecular weight excluding hydrogens is 208 g/mol. The van der Waals surface area contributed by atoms with Crippen molar-refractivity contribution in [1.29, 1.82) is 0 Å². The van der Waals surface area contributed by atoms with Crippen LogP contribution < -0.4 is 0 Å². The van der Waals surface area contributed by atoms with Crippen LogP contribution in [0.25, 0.3) is 0 Å². The Bertz CT molecular complexity index is 351. The van der Waals surface area contributed by atoms with Crippen molar-refractivity contribution in [3.63, 3.8) is 0 Å². The predicted molar refractivity (Wildman–Crippen MR) is 69.6 cm³/mol. The average Bonchev–Trinajstić information content (AvgIpc) is 2.40. The maximum absolute atomic E-state index is 12.5. The second kappa shape index (κ2) is 3.36. The Labute approximate surface area is 105 Å². The molecule has 1 nitrogen and oxygen atoms in total. The smallest absolute Gasteiger partial charge is 0.139 e. The van der Waals surface area contributed by atoms with Gasteiger partial charge in [-0.2, -0.15) is 0 Å². The maximum atomic E-state index is 12.5. The van der Waals surface area contributed by atoms with Crippen molar-refractivity contribution in [3.05, 3.63) is 0 Å². The number of carbonyl (C=O) groups is 1. The summed E-state index contributed by atoms with van der Waals surface area (Å²) in [5.41, 5.74) is 0.533. The van der Waals surface area contributed by atoms with Crippen LogP contribution in [0.4, 0.5) is 0 Å². The van der Waals surface area contributed by atoms with E-state index >= 15 is 0 Å². The number of ketones is 1. The van der Waals surface area contributed by atoms with Crippen molar-refractivity contribution in [3.8, 4) is 0 Å². The lowest BCUT2D eigenvalue weighted by molar-refractivity contribution is -0.168. The predicted octanol–water partition coefficient (Wildman–Crippen LogP) is 4.06. The summed E-state index contributed by atoms with van der Waals surface area (Å²) in [6, 6.07) is 0. The topological polar surface area (TPSA) is 17.1 Å². The number of carbonyl (C=O) groups excluding carboxylic acids is 1. The Morgan fingerprint density at radius 3 is 2.47 bits per heavy atom. The first-order valence-electron chi connectivity index (χ1n) is 7.40. The van der Waals surface area contributed by atoms with Crippen LogP contribution in [0.2, 0.25) is 0 Å². The number of Topliss-reactive ketones (excluding diaryl/α,β-unsaturated/α-hetero) is 1. The molecule has 96 valence electrons. The van der Waals surface area contributed by atoms with E-state index in [1.807, 2.05) is 0 Å². The molecule has 0 aliphatic heterocycles. The summed E-state index contributed by atoms with van der Waals surface area (Å²) in [5.74, 6) is 3.67. The van der Waals surface area contributed by atoms with Crippen molar-refractivity contribution in [1.82, 2.24) is 0 Å². The highest BCUT2D eigenvalue weighted by Crippen LogP contribution is 2.70. The fourth-order valence-corrected chi connectivity index (χ4v) is 5.42. The van der Waals surface area contributed by atoms with Crippen LogP contribution >= 0.6 is 0 Å². The molecule has 3 saturated carbocycles. The Balaban J connectivity index is 1.93. The summed E-state index contributed by atoms with van der Waals surface area (Å²) in [4.78, 5) is 12.5. The van der Waals surface area contributed by atoms with E-state index in [9.17, 15) is 4.79 Å². The quantitative estimate of drug-likeness (QED) is 0.617. The Hall–Kier alpha value is -0.330.